The van der Waals surface area contributed by atoms with Crippen LogP contribution in [0.4, 0.5) is 0 Å². The van der Waals surface area contributed by atoms with Gasteiger partial charge in [0, 0.05) is 19.2 Å². The number of aromatic nitrogens is 2. The van der Waals surface area contributed by atoms with Crippen molar-refractivity contribution in [3.8, 4) is 0 Å². The largest absolute Gasteiger partial charge is 0.335 e. The highest BCUT2D eigenvalue weighted by Crippen LogP contribution is 2.15. The number of aryl methyl sites for hydroxylation is 4. The normalized spacial score (nSPS) is 11.3. The standard InChI is InChI=1S/C29H48N2/c1-3-5-7-9-10-11-13-18-25-31-26-28(23-19-22-27-20-15-14-16-21-27)30-29(31)24-17-12-8-6-4-2/h14-16,20-21,26H,3-13,17-19,22-25H2,1-2H3. The Bertz CT molecular complexity index is 659. The second-order valence-electron chi connectivity index (χ2n) is 9.32. The van der Waals surface area contributed by atoms with Crippen LogP contribution in [0.3, 0.4) is 0 Å². The van der Waals surface area contributed by atoms with Crippen LogP contribution < -0.4 is 0 Å². The Hall–Kier alpha value is -1.57. The Kier molecular flexibility index (Phi) is 14.1. The highest BCUT2D eigenvalue weighted by atomic mass is 15.1. The average Bonchev–Trinajstić information content (AvgIpc) is 3.18. The zero-order valence-corrected chi connectivity index (χ0v) is 20.6. The molecule has 0 aliphatic carbocycles. The molecule has 0 amide bonds. The first-order chi connectivity index (χ1) is 15.3. The van der Waals surface area contributed by atoms with E-state index >= 15 is 0 Å². The Labute approximate surface area is 192 Å². The minimum absolute atomic E-state index is 1.10. The highest BCUT2D eigenvalue weighted by Gasteiger charge is 2.08. The quantitative estimate of drug-likeness (QED) is 0.206. The lowest BCUT2D eigenvalue weighted by molar-refractivity contribution is 0.529. The van der Waals surface area contributed by atoms with Gasteiger partial charge < -0.3 is 4.57 Å². The predicted octanol–water partition coefficient (Wildman–Crippen LogP) is 8.71. The van der Waals surface area contributed by atoms with Crippen LogP contribution in [0.25, 0.3) is 0 Å². The summed E-state index contributed by atoms with van der Waals surface area (Å²) in [6, 6.07) is 10.9. The van der Waals surface area contributed by atoms with Crippen LogP contribution in [0, 0.1) is 0 Å². The van der Waals surface area contributed by atoms with Crippen LogP contribution >= 0.6 is 0 Å². The summed E-state index contributed by atoms with van der Waals surface area (Å²) in [6.07, 6.45) is 24.7. The van der Waals surface area contributed by atoms with Gasteiger partial charge in [-0.15, -0.1) is 0 Å². The van der Waals surface area contributed by atoms with Crippen molar-refractivity contribution in [2.75, 3.05) is 0 Å². The molecule has 2 aromatic rings. The van der Waals surface area contributed by atoms with Crippen LogP contribution in [-0.2, 0) is 25.8 Å². The Morgan fingerprint density at radius 3 is 1.90 bits per heavy atom. The molecule has 1 aromatic carbocycles. The van der Waals surface area contributed by atoms with Crippen molar-refractivity contribution in [2.24, 2.45) is 0 Å². The van der Waals surface area contributed by atoms with Crippen molar-refractivity contribution in [2.45, 2.75) is 130 Å². The molecule has 2 heteroatoms. The summed E-state index contributed by atoms with van der Waals surface area (Å²) in [7, 11) is 0. The summed E-state index contributed by atoms with van der Waals surface area (Å²) < 4.78 is 2.49. The molecular weight excluding hydrogens is 376 g/mol. The molecule has 2 rings (SSSR count). The van der Waals surface area contributed by atoms with Crippen molar-refractivity contribution >= 4 is 0 Å². The second kappa shape index (κ2) is 17.0. The van der Waals surface area contributed by atoms with Gasteiger partial charge in [-0.1, -0.05) is 115 Å². The topological polar surface area (TPSA) is 17.8 Å². The second-order valence-corrected chi connectivity index (χ2v) is 9.32. The van der Waals surface area contributed by atoms with Crippen LogP contribution in [0.2, 0.25) is 0 Å². The van der Waals surface area contributed by atoms with E-state index in [1.165, 1.54) is 107 Å². The van der Waals surface area contributed by atoms with Gasteiger partial charge in [0.15, 0.2) is 0 Å². The first kappa shape index (κ1) is 25.7. The summed E-state index contributed by atoms with van der Waals surface area (Å²) in [5.41, 5.74) is 2.75. The maximum Gasteiger partial charge on any atom is 0.108 e. The number of imidazole rings is 1. The van der Waals surface area contributed by atoms with E-state index in [9.17, 15) is 0 Å². The maximum atomic E-state index is 5.07. The number of hydrogen-bond acceptors (Lipinski definition) is 1. The number of nitrogens with zero attached hydrogens (tertiary/aromatic N) is 2. The number of unbranched alkanes of at least 4 members (excludes halogenated alkanes) is 11. The van der Waals surface area contributed by atoms with E-state index in [4.69, 9.17) is 4.98 Å². The van der Waals surface area contributed by atoms with Gasteiger partial charge in [-0.2, -0.15) is 0 Å². The SMILES string of the molecule is CCCCCCCCCCn1cc(CCCc2ccccc2)nc1CCCCCCC. The fourth-order valence-electron chi connectivity index (χ4n) is 4.45. The van der Waals surface area contributed by atoms with E-state index in [1.54, 1.807) is 0 Å². The van der Waals surface area contributed by atoms with Gasteiger partial charge in [0.2, 0.25) is 0 Å². The molecule has 31 heavy (non-hydrogen) atoms. The third-order valence-corrected chi connectivity index (χ3v) is 6.41. The highest BCUT2D eigenvalue weighted by molar-refractivity contribution is 5.15. The molecule has 0 aliphatic rings. The molecular formula is C29H48N2. The Balaban J connectivity index is 1.77. The minimum atomic E-state index is 1.10. The zero-order valence-electron chi connectivity index (χ0n) is 20.6. The molecule has 1 heterocycles. The predicted molar refractivity (Wildman–Crippen MR) is 136 cm³/mol. The van der Waals surface area contributed by atoms with Gasteiger partial charge >= 0.3 is 0 Å². The number of hydrogen-bond donors (Lipinski definition) is 0. The Morgan fingerprint density at radius 2 is 1.23 bits per heavy atom. The molecule has 0 N–H and O–H groups in total. The number of benzene rings is 1. The van der Waals surface area contributed by atoms with E-state index in [0.717, 1.165) is 25.8 Å². The summed E-state index contributed by atoms with van der Waals surface area (Å²) >= 11 is 0. The molecule has 0 unspecified atom stereocenters. The molecule has 174 valence electrons. The van der Waals surface area contributed by atoms with Crippen LogP contribution in [0.5, 0.6) is 0 Å². The van der Waals surface area contributed by atoms with Gasteiger partial charge in [0.1, 0.15) is 5.82 Å². The molecule has 0 saturated carbocycles. The third-order valence-electron chi connectivity index (χ3n) is 6.41. The molecule has 0 aliphatic heterocycles. The number of rotatable bonds is 19. The fraction of sp³-hybridized carbons (Fsp3) is 0.690. The van der Waals surface area contributed by atoms with Crippen molar-refractivity contribution < 1.29 is 0 Å². The average molecular weight is 425 g/mol. The third kappa shape index (κ3) is 11.6. The van der Waals surface area contributed by atoms with E-state index in [2.05, 4.69) is 54.9 Å². The molecule has 0 saturated heterocycles. The molecule has 0 atom stereocenters. The Morgan fingerprint density at radius 1 is 0.613 bits per heavy atom. The minimum Gasteiger partial charge on any atom is -0.335 e. The molecule has 2 nitrogen and oxygen atoms in total. The van der Waals surface area contributed by atoms with Crippen molar-refractivity contribution in [3.63, 3.8) is 0 Å². The van der Waals surface area contributed by atoms with Gasteiger partial charge in [-0.05, 0) is 37.7 Å². The maximum absolute atomic E-state index is 5.07. The molecule has 0 fully saturated rings. The lowest BCUT2D eigenvalue weighted by atomic mass is 10.1. The zero-order chi connectivity index (χ0) is 22.0. The summed E-state index contributed by atoms with van der Waals surface area (Å²) in [5.74, 6) is 1.34. The van der Waals surface area contributed by atoms with Crippen molar-refractivity contribution in [3.05, 3.63) is 53.6 Å². The van der Waals surface area contributed by atoms with E-state index in [-0.39, 0.29) is 0 Å². The fourth-order valence-corrected chi connectivity index (χ4v) is 4.45. The lowest BCUT2D eigenvalue weighted by Crippen LogP contribution is -2.03. The first-order valence-corrected chi connectivity index (χ1v) is 13.4. The first-order valence-electron chi connectivity index (χ1n) is 13.4. The lowest BCUT2D eigenvalue weighted by Gasteiger charge is -2.08. The summed E-state index contributed by atoms with van der Waals surface area (Å²) in [6.45, 7) is 5.74. The van der Waals surface area contributed by atoms with E-state index < -0.39 is 0 Å². The molecule has 0 spiro atoms. The van der Waals surface area contributed by atoms with E-state index in [1.807, 2.05) is 0 Å². The molecule has 1 aromatic heterocycles. The van der Waals surface area contributed by atoms with Crippen LogP contribution in [0.15, 0.2) is 36.5 Å². The molecule has 0 bridgehead atoms. The summed E-state index contributed by atoms with van der Waals surface area (Å²) in [4.78, 5) is 5.07. The molecule has 0 radical (unpaired) electrons. The van der Waals surface area contributed by atoms with Crippen molar-refractivity contribution in [1.82, 2.24) is 9.55 Å². The van der Waals surface area contributed by atoms with Gasteiger partial charge in [0.25, 0.3) is 0 Å². The van der Waals surface area contributed by atoms with Gasteiger partial charge in [-0.3, -0.25) is 0 Å². The van der Waals surface area contributed by atoms with E-state index in [0.29, 0.717) is 0 Å². The van der Waals surface area contributed by atoms with Crippen LogP contribution in [0.1, 0.15) is 121 Å². The van der Waals surface area contributed by atoms with Crippen LogP contribution in [-0.4, -0.2) is 9.55 Å². The monoisotopic (exact) mass is 424 g/mol. The van der Waals surface area contributed by atoms with Gasteiger partial charge in [0.05, 0.1) is 5.69 Å². The van der Waals surface area contributed by atoms with Gasteiger partial charge in [-0.25, -0.2) is 4.98 Å². The smallest absolute Gasteiger partial charge is 0.108 e. The summed E-state index contributed by atoms with van der Waals surface area (Å²) in [5, 5.41) is 0. The van der Waals surface area contributed by atoms with Crippen molar-refractivity contribution in [1.29, 1.82) is 0 Å².